The van der Waals surface area contributed by atoms with Gasteiger partial charge < -0.3 is 5.32 Å². The number of hydrogen-bond acceptors (Lipinski definition) is 4. The third kappa shape index (κ3) is 2.68. The summed E-state index contributed by atoms with van der Waals surface area (Å²) in [6, 6.07) is 7.35. The second-order valence-electron chi connectivity index (χ2n) is 3.14. The van der Waals surface area contributed by atoms with Crippen molar-refractivity contribution in [2.45, 2.75) is 0 Å². The first-order valence-corrected chi connectivity index (χ1v) is 5.02. The Morgan fingerprint density at radius 2 is 2.18 bits per heavy atom. The smallest absolute Gasteiger partial charge is 0.224 e. The molecule has 1 N–H and O–H groups in total. The first kappa shape index (κ1) is 11.3. The summed E-state index contributed by atoms with van der Waals surface area (Å²) in [5.41, 5.74) is 0.656. The second-order valence-corrected chi connectivity index (χ2v) is 3.48. The highest BCUT2D eigenvalue weighted by Crippen LogP contribution is 2.20. The fourth-order valence-corrected chi connectivity index (χ4v) is 1.41. The van der Waals surface area contributed by atoms with Gasteiger partial charge in [-0.1, -0.05) is 0 Å². The van der Waals surface area contributed by atoms with Gasteiger partial charge in [0.2, 0.25) is 5.28 Å². The average Bonchev–Trinajstić information content (AvgIpc) is 2.31. The average molecular weight is 249 g/mol. The summed E-state index contributed by atoms with van der Waals surface area (Å²) in [4.78, 5) is 7.63. The Bertz CT molecular complexity index is 594. The van der Waals surface area contributed by atoms with Crippen LogP contribution in [0.25, 0.3) is 0 Å². The van der Waals surface area contributed by atoms with Crippen LogP contribution in [0.15, 0.2) is 30.5 Å². The van der Waals surface area contributed by atoms with Crippen LogP contribution >= 0.6 is 11.6 Å². The maximum atomic E-state index is 12.9. The highest BCUT2D eigenvalue weighted by atomic mass is 35.5. The highest BCUT2D eigenvalue weighted by Gasteiger charge is 2.05. The van der Waals surface area contributed by atoms with Gasteiger partial charge in [0.05, 0.1) is 11.3 Å². The van der Waals surface area contributed by atoms with Crippen molar-refractivity contribution in [1.29, 1.82) is 5.26 Å². The number of rotatable bonds is 2. The van der Waals surface area contributed by atoms with Crippen LogP contribution in [0, 0.1) is 17.1 Å². The van der Waals surface area contributed by atoms with Crippen molar-refractivity contribution in [1.82, 2.24) is 9.97 Å². The summed E-state index contributed by atoms with van der Waals surface area (Å²) in [7, 11) is 0. The van der Waals surface area contributed by atoms with Crippen LogP contribution in [0.5, 0.6) is 0 Å². The molecular weight excluding hydrogens is 243 g/mol. The maximum absolute atomic E-state index is 12.9. The molecule has 4 nitrogen and oxygen atoms in total. The molecule has 1 aromatic carbocycles. The Morgan fingerprint density at radius 3 is 2.88 bits per heavy atom. The standard InChI is InChI=1S/C11H6ClFN4/c12-11-15-4-3-10(17-11)16-9-2-1-8(13)5-7(9)6-14/h1-5H,(H,15,16,17). The number of hydrogen-bond donors (Lipinski definition) is 1. The Kier molecular flexibility index (Phi) is 3.17. The summed E-state index contributed by atoms with van der Waals surface area (Å²) >= 11 is 5.62. The molecule has 0 radical (unpaired) electrons. The molecule has 0 fully saturated rings. The van der Waals surface area contributed by atoms with Crippen molar-refractivity contribution in [3.8, 4) is 6.07 Å². The molecule has 0 bridgehead atoms. The van der Waals surface area contributed by atoms with Gasteiger partial charge in [0.25, 0.3) is 0 Å². The summed E-state index contributed by atoms with van der Waals surface area (Å²) in [5.74, 6) is -0.0269. The topological polar surface area (TPSA) is 61.6 Å². The van der Waals surface area contributed by atoms with E-state index in [4.69, 9.17) is 16.9 Å². The zero-order valence-corrected chi connectivity index (χ0v) is 9.24. The summed E-state index contributed by atoms with van der Waals surface area (Å²) in [6.07, 6.45) is 1.48. The number of nitriles is 1. The Hall–Kier alpha value is -2.19. The van der Waals surface area contributed by atoms with E-state index in [2.05, 4.69) is 15.3 Å². The fourth-order valence-electron chi connectivity index (χ4n) is 1.26. The number of halogens is 2. The Morgan fingerprint density at radius 1 is 1.35 bits per heavy atom. The first-order valence-electron chi connectivity index (χ1n) is 4.64. The van der Waals surface area contributed by atoms with Crippen molar-refractivity contribution in [3.05, 3.63) is 47.1 Å². The monoisotopic (exact) mass is 248 g/mol. The molecule has 84 valence electrons. The van der Waals surface area contributed by atoms with Gasteiger partial charge in [-0.3, -0.25) is 0 Å². The normalized spacial score (nSPS) is 9.71. The maximum Gasteiger partial charge on any atom is 0.224 e. The van der Waals surface area contributed by atoms with Crippen LogP contribution in [0.2, 0.25) is 5.28 Å². The van der Waals surface area contributed by atoms with Gasteiger partial charge in [-0.2, -0.15) is 5.26 Å². The van der Waals surface area contributed by atoms with E-state index >= 15 is 0 Å². The van der Waals surface area contributed by atoms with E-state index in [0.29, 0.717) is 11.5 Å². The molecule has 1 aromatic heterocycles. The minimum Gasteiger partial charge on any atom is -0.339 e. The van der Waals surface area contributed by atoms with Gasteiger partial charge in [0.15, 0.2) is 0 Å². The zero-order chi connectivity index (χ0) is 12.3. The highest BCUT2D eigenvalue weighted by molar-refractivity contribution is 6.28. The lowest BCUT2D eigenvalue weighted by Crippen LogP contribution is -1.97. The van der Waals surface area contributed by atoms with Crippen LogP contribution in [0.3, 0.4) is 0 Å². The predicted molar refractivity (Wildman–Crippen MR) is 61.4 cm³/mol. The molecule has 0 aliphatic carbocycles. The van der Waals surface area contributed by atoms with Crippen LogP contribution in [-0.2, 0) is 0 Å². The Balaban J connectivity index is 2.34. The molecule has 0 amide bonds. The molecule has 1 heterocycles. The zero-order valence-electron chi connectivity index (χ0n) is 8.48. The molecule has 0 saturated carbocycles. The van der Waals surface area contributed by atoms with Crippen molar-refractivity contribution in [2.24, 2.45) is 0 Å². The molecular formula is C11H6ClFN4. The van der Waals surface area contributed by atoms with E-state index in [0.717, 1.165) is 6.07 Å². The molecule has 0 aliphatic heterocycles. The van der Waals surface area contributed by atoms with E-state index < -0.39 is 5.82 Å². The van der Waals surface area contributed by atoms with Gasteiger partial charge in [0.1, 0.15) is 17.7 Å². The molecule has 0 unspecified atom stereocenters. The van der Waals surface area contributed by atoms with E-state index in [1.165, 1.54) is 18.3 Å². The lowest BCUT2D eigenvalue weighted by Gasteiger charge is -2.06. The molecule has 17 heavy (non-hydrogen) atoms. The summed E-state index contributed by atoms with van der Waals surface area (Å²) in [6.45, 7) is 0. The number of nitrogens with one attached hydrogen (secondary N) is 1. The van der Waals surface area contributed by atoms with Crippen molar-refractivity contribution >= 4 is 23.1 Å². The number of anilines is 2. The van der Waals surface area contributed by atoms with Crippen LogP contribution in [0.4, 0.5) is 15.9 Å². The SMILES string of the molecule is N#Cc1cc(F)ccc1Nc1ccnc(Cl)n1. The quantitative estimate of drug-likeness (QED) is 0.830. The summed E-state index contributed by atoms with van der Waals surface area (Å²) in [5, 5.41) is 11.8. The molecule has 0 spiro atoms. The Labute approximate surface area is 102 Å². The lowest BCUT2D eigenvalue weighted by molar-refractivity contribution is 0.627. The molecule has 6 heteroatoms. The van der Waals surface area contributed by atoms with Gasteiger partial charge >= 0.3 is 0 Å². The molecule has 0 atom stereocenters. The van der Waals surface area contributed by atoms with Gasteiger partial charge in [-0.25, -0.2) is 14.4 Å². The number of nitrogens with zero attached hydrogens (tertiary/aromatic N) is 3. The minimum absolute atomic E-state index is 0.0932. The van der Waals surface area contributed by atoms with Crippen LogP contribution in [-0.4, -0.2) is 9.97 Å². The van der Waals surface area contributed by atoms with Gasteiger partial charge in [-0.15, -0.1) is 0 Å². The van der Waals surface area contributed by atoms with E-state index in [-0.39, 0.29) is 10.8 Å². The molecule has 0 saturated heterocycles. The third-order valence-electron chi connectivity index (χ3n) is 1.99. The fraction of sp³-hybridized carbons (Fsp3) is 0. The molecule has 2 rings (SSSR count). The van der Waals surface area contributed by atoms with Crippen molar-refractivity contribution < 1.29 is 4.39 Å². The van der Waals surface area contributed by atoms with Crippen LogP contribution < -0.4 is 5.32 Å². The van der Waals surface area contributed by atoms with Gasteiger partial charge in [0, 0.05) is 6.20 Å². The number of benzene rings is 1. The van der Waals surface area contributed by atoms with Gasteiger partial charge in [-0.05, 0) is 35.9 Å². The third-order valence-corrected chi connectivity index (χ3v) is 2.17. The van der Waals surface area contributed by atoms with E-state index in [1.807, 2.05) is 6.07 Å². The predicted octanol–water partition coefficient (Wildman–Crippen LogP) is 2.88. The summed E-state index contributed by atoms with van der Waals surface area (Å²) < 4.78 is 12.9. The van der Waals surface area contributed by atoms with Crippen molar-refractivity contribution in [3.63, 3.8) is 0 Å². The van der Waals surface area contributed by atoms with E-state index in [1.54, 1.807) is 6.07 Å². The molecule has 2 aromatic rings. The largest absolute Gasteiger partial charge is 0.339 e. The first-order chi connectivity index (χ1) is 8.19. The molecule has 0 aliphatic rings. The number of aromatic nitrogens is 2. The van der Waals surface area contributed by atoms with E-state index in [9.17, 15) is 4.39 Å². The van der Waals surface area contributed by atoms with Crippen molar-refractivity contribution in [2.75, 3.05) is 5.32 Å². The van der Waals surface area contributed by atoms with Crippen LogP contribution in [0.1, 0.15) is 5.56 Å². The lowest BCUT2D eigenvalue weighted by atomic mass is 10.2. The minimum atomic E-state index is -0.465. The second kappa shape index (κ2) is 4.76.